The molecule has 2 rings (SSSR count). The fourth-order valence-electron chi connectivity index (χ4n) is 4.18. The first-order valence-electron chi connectivity index (χ1n) is 8.51. The highest BCUT2D eigenvalue weighted by Gasteiger charge is 2.36. The molecule has 0 heterocycles. The molecule has 1 saturated carbocycles. The second kappa shape index (κ2) is 6.78. The molecule has 0 unspecified atom stereocenters. The minimum Gasteiger partial charge on any atom is -0.0958 e. The number of allylic oxidation sites excluding steroid dienone is 5. The summed E-state index contributed by atoms with van der Waals surface area (Å²) >= 11 is 0. The maximum absolute atomic E-state index is 4.22. The predicted octanol–water partition coefficient (Wildman–Crippen LogP) is 6.31. The van der Waals surface area contributed by atoms with Crippen LogP contribution in [0.1, 0.15) is 66.2 Å². The Bertz CT molecular complexity index is 406. The number of hydrogen-bond acceptors (Lipinski definition) is 0. The molecule has 0 spiro atoms. The van der Waals surface area contributed by atoms with Gasteiger partial charge in [0.2, 0.25) is 0 Å². The Hall–Kier alpha value is -0.780. The molecule has 4 atom stereocenters. The Balaban J connectivity index is 2.06. The molecule has 0 aromatic rings. The Morgan fingerprint density at radius 1 is 1.35 bits per heavy atom. The van der Waals surface area contributed by atoms with E-state index in [1.54, 1.807) is 5.57 Å². The zero-order chi connectivity index (χ0) is 14.7. The zero-order valence-electron chi connectivity index (χ0n) is 13.9. The van der Waals surface area contributed by atoms with Gasteiger partial charge < -0.3 is 0 Å². The summed E-state index contributed by atoms with van der Waals surface area (Å²) in [5.74, 6) is 3.37. The average Bonchev–Trinajstić information content (AvgIpc) is 2.38. The van der Waals surface area contributed by atoms with Gasteiger partial charge in [0.05, 0.1) is 0 Å². The van der Waals surface area contributed by atoms with E-state index in [9.17, 15) is 0 Å². The third kappa shape index (κ3) is 3.65. The number of rotatable bonds is 4. The van der Waals surface area contributed by atoms with Crippen molar-refractivity contribution in [3.05, 3.63) is 35.5 Å². The number of hydrogen-bond donors (Lipinski definition) is 0. The largest absolute Gasteiger partial charge is 0.0958 e. The van der Waals surface area contributed by atoms with Gasteiger partial charge in [0, 0.05) is 0 Å². The Kier molecular flexibility index (Phi) is 5.29. The van der Waals surface area contributed by atoms with E-state index >= 15 is 0 Å². The molecule has 0 heteroatoms. The second-order valence-corrected chi connectivity index (χ2v) is 7.44. The van der Waals surface area contributed by atoms with Crippen molar-refractivity contribution in [2.45, 2.75) is 66.2 Å². The van der Waals surface area contributed by atoms with Gasteiger partial charge in [0.15, 0.2) is 0 Å². The highest BCUT2D eigenvalue weighted by molar-refractivity contribution is 5.30. The molecule has 0 aliphatic heterocycles. The summed E-state index contributed by atoms with van der Waals surface area (Å²) in [5, 5.41) is 0. The quantitative estimate of drug-likeness (QED) is 0.526. The van der Waals surface area contributed by atoms with Crippen LogP contribution in [0.4, 0.5) is 0 Å². The van der Waals surface area contributed by atoms with Crippen LogP contribution in [-0.2, 0) is 0 Å². The Morgan fingerprint density at radius 2 is 2.10 bits per heavy atom. The molecular weight excluding hydrogens is 240 g/mol. The Morgan fingerprint density at radius 3 is 2.80 bits per heavy atom. The van der Waals surface area contributed by atoms with Crippen LogP contribution in [0.15, 0.2) is 35.5 Å². The standard InChI is InChI=1S/C20H32/c1-14(2)7-6-8-16(4)19-12-10-17(5)18-11-9-15(3)13-20(18)19/h7,13,16-19H,3,6,8-12H2,1-2,4-5H3/t16-,17-,18+,19+/m0/s1. The molecule has 0 amide bonds. The van der Waals surface area contributed by atoms with E-state index in [4.69, 9.17) is 0 Å². The molecule has 2 aliphatic rings. The van der Waals surface area contributed by atoms with Crippen molar-refractivity contribution in [2.75, 3.05) is 0 Å². The average molecular weight is 272 g/mol. The lowest BCUT2D eigenvalue weighted by Gasteiger charge is -2.42. The predicted molar refractivity (Wildman–Crippen MR) is 89.7 cm³/mol. The maximum atomic E-state index is 4.22. The lowest BCUT2D eigenvalue weighted by Crippen LogP contribution is -2.31. The summed E-state index contributed by atoms with van der Waals surface area (Å²) in [6.45, 7) is 13.6. The summed E-state index contributed by atoms with van der Waals surface area (Å²) in [4.78, 5) is 0. The monoisotopic (exact) mass is 272 g/mol. The van der Waals surface area contributed by atoms with Crippen LogP contribution < -0.4 is 0 Å². The first-order chi connectivity index (χ1) is 9.49. The molecule has 0 radical (unpaired) electrons. The van der Waals surface area contributed by atoms with Gasteiger partial charge in [-0.25, -0.2) is 0 Å². The van der Waals surface area contributed by atoms with E-state index < -0.39 is 0 Å². The minimum atomic E-state index is 0.817. The SMILES string of the molecule is C=C1C=C2[C@H](CC1)[C@@H](C)CC[C@@H]2[C@@H](C)CCC=C(C)C. The molecular formula is C20H32. The van der Waals surface area contributed by atoms with Crippen molar-refractivity contribution in [1.82, 2.24) is 0 Å². The van der Waals surface area contributed by atoms with E-state index in [2.05, 4.69) is 46.4 Å². The molecule has 0 nitrogen and oxygen atoms in total. The van der Waals surface area contributed by atoms with Crippen molar-refractivity contribution in [3.63, 3.8) is 0 Å². The number of fused-ring (bicyclic) bond motifs is 1. The zero-order valence-corrected chi connectivity index (χ0v) is 13.9. The lowest BCUT2D eigenvalue weighted by atomic mass is 9.63. The van der Waals surface area contributed by atoms with E-state index in [0.717, 1.165) is 23.7 Å². The molecule has 0 saturated heterocycles. The Labute approximate surface area is 126 Å². The summed E-state index contributed by atoms with van der Waals surface area (Å²) in [6, 6.07) is 0. The van der Waals surface area contributed by atoms with E-state index in [0.29, 0.717) is 0 Å². The molecule has 0 bridgehead atoms. The van der Waals surface area contributed by atoms with Crippen molar-refractivity contribution in [2.24, 2.45) is 23.7 Å². The van der Waals surface area contributed by atoms with E-state index in [1.807, 2.05) is 0 Å². The topological polar surface area (TPSA) is 0 Å². The van der Waals surface area contributed by atoms with Crippen LogP contribution in [0.2, 0.25) is 0 Å². The van der Waals surface area contributed by atoms with E-state index in [-0.39, 0.29) is 0 Å². The van der Waals surface area contributed by atoms with Crippen LogP contribution in [-0.4, -0.2) is 0 Å². The third-order valence-corrected chi connectivity index (χ3v) is 5.48. The van der Waals surface area contributed by atoms with Crippen molar-refractivity contribution in [3.8, 4) is 0 Å². The van der Waals surface area contributed by atoms with E-state index in [1.165, 1.54) is 49.7 Å². The fourth-order valence-corrected chi connectivity index (χ4v) is 4.18. The summed E-state index contributed by atoms with van der Waals surface area (Å²) < 4.78 is 0. The smallest absolute Gasteiger partial charge is 0.0168 e. The first-order valence-corrected chi connectivity index (χ1v) is 8.51. The van der Waals surface area contributed by atoms with Gasteiger partial charge >= 0.3 is 0 Å². The molecule has 1 fully saturated rings. The van der Waals surface area contributed by atoms with Gasteiger partial charge in [-0.1, -0.05) is 49.3 Å². The molecule has 0 aromatic heterocycles. The van der Waals surface area contributed by atoms with Gasteiger partial charge in [0.25, 0.3) is 0 Å². The van der Waals surface area contributed by atoms with Crippen LogP contribution in [0, 0.1) is 23.7 Å². The van der Waals surface area contributed by atoms with Gasteiger partial charge in [0.1, 0.15) is 0 Å². The second-order valence-electron chi connectivity index (χ2n) is 7.44. The van der Waals surface area contributed by atoms with Crippen molar-refractivity contribution >= 4 is 0 Å². The summed E-state index contributed by atoms with van der Waals surface area (Å²) in [5.41, 5.74) is 4.58. The van der Waals surface area contributed by atoms with Crippen LogP contribution in [0.25, 0.3) is 0 Å². The van der Waals surface area contributed by atoms with Gasteiger partial charge in [-0.2, -0.15) is 0 Å². The highest BCUT2D eigenvalue weighted by atomic mass is 14.4. The van der Waals surface area contributed by atoms with Crippen LogP contribution in [0.3, 0.4) is 0 Å². The third-order valence-electron chi connectivity index (χ3n) is 5.48. The first kappa shape index (κ1) is 15.6. The van der Waals surface area contributed by atoms with Gasteiger partial charge in [-0.15, -0.1) is 0 Å². The van der Waals surface area contributed by atoms with Crippen molar-refractivity contribution < 1.29 is 0 Å². The molecule has 2 aliphatic carbocycles. The molecule has 20 heavy (non-hydrogen) atoms. The normalized spacial score (nSPS) is 31.3. The fraction of sp³-hybridized carbons (Fsp3) is 0.700. The van der Waals surface area contributed by atoms with Crippen LogP contribution in [0.5, 0.6) is 0 Å². The summed E-state index contributed by atoms with van der Waals surface area (Å²) in [7, 11) is 0. The maximum Gasteiger partial charge on any atom is -0.0168 e. The van der Waals surface area contributed by atoms with Crippen molar-refractivity contribution in [1.29, 1.82) is 0 Å². The van der Waals surface area contributed by atoms with Gasteiger partial charge in [-0.05, 0) is 76.0 Å². The summed E-state index contributed by atoms with van der Waals surface area (Å²) in [6.07, 6.45) is 12.8. The minimum absolute atomic E-state index is 0.817. The molecule has 0 aromatic carbocycles. The molecule has 0 N–H and O–H groups in total. The lowest BCUT2D eigenvalue weighted by molar-refractivity contribution is 0.212. The van der Waals surface area contributed by atoms with Gasteiger partial charge in [-0.3, -0.25) is 0 Å². The molecule has 112 valence electrons. The highest BCUT2D eigenvalue weighted by Crippen LogP contribution is 2.47. The van der Waals surface area contributed by atoms with Crippen LogP contribution >= 0.6 is 0 Å².